The SMILES string of the molecule is CCN(CC)C(=O)C(C)NC(=O)c1cc(N)cnc1C. The number of nitrogens with zero attached hydrogens (tertiary/aromatic N) is 2. The van der Waals surface area contributed by atoms with Crippen LogP contribution in [0.3, 0.4) is 0 Å². The molecule has 0 saturated heterocycles. The fraction of sp³-hybridized carbons (Fsp3) is 0.500. The lowest BCUT2D eigenvalue weighted by molar-refractivity contribution is -0.132. The van der Waals surface area contributed by atoms with Crippen LogP contribution in [0, 0.1) is 6.92 Å². The molecule has 0 aliphatic rings. The van der Waals surface area contributed by atoms with Gasteiger partial charge in [0.2, 0.25) is 5.91 Å². The van der Waals surface area contributed by atoms with Crippen LogP contribution in [0.25, 0.3) is 0 Å². The van der Waals surface area contributed by atoms with Crippen molar-refractivity contribution in [2.75, 3.05) is 18.8 Å². The molecule has 1 unspecified atom stereocenters. The van der Waals surface area contributed by atoms with Gasteiger partial charge in [0, 0.05) is 13.1 Å². The van der Waals surface area contributed by atoms with Crippen molar-refractivity contribution in [3.05, 3.63) is 23.5 Å². The van der Waals surface area contributed by atoms with E-state index in [-0.39, 0.29) is 11.8 Å². The van der Waals surface area contributed by atoms with Crippen molar-refractivity contribution in [1.82, 2.24) is 15.2 Å². The Hall–Kier alpha value is -2.11. The third-order valence-electron chi connectivity index (χ3n) is 3.15. The first kappa shape index (κ1) is 15.9. The van der Waals surface area contributed by atoms with Crippen LogP contribution in [0.5, 0.6) is 0 Å². The summed E-state index contributed by atoms with van der Waals surface area (Å²) in [5.74, 6) is -0.437. The highest BCUT2D eigenvalue weighted by atomic mass is 16.2. The van der Waals surface area contributed by atoms with Gasteiger partial charge in [0.05, 0.1) is 23.1 Å². The number of aromatic nitrogens is 1. The molecule has 0 aliphatic heterocycles. The first-order valence-electron chi connectivity index (χ1n) is 6.72. The highest BCUT2D eigenvalue weighted by molar-refractivity contribution is 5.98. The van der Waals surface area contributed by atoms with Gasteiger partial charge in [-0.2, -0.15) is 0 Å². The topological polar surface area (TPSA) is 88.3 Å². The molecule has 1 atom stereocenters. The van der Waals surface area contributed by atoms with Crippen molar-refractivity contribution in [2.45, 2.75) is 33.7 Å². The molecular formula is C14H22N4O2. The van der Waals surface area contributed by atoms with E-state index < -0.39 is 6.04 Å². The Morgan fingerprint density at radius 3 is 2.55 bits per heavy atom. The molecule has 110 valence electrons. The van der Waals surface area contributed by atoms with Gasteiger partial charge in [-0.25, -0.2) is 0 Å². The number of nitrogens with one attached hydrogen (secondary N) is 1. The Labute approximate surface area is 119 Å². The number of carbonyl (C=O) groups is 2. The molecule has 2 amide bonds. The summed E-state index contributed by atoms with van der Waals surface area (Å²) in [5.41, 5.74) is 7.02. The number of likely N-dealkylation sites (N-methyl/N-ethyl adjacent to an activating group) is 1. The van der Waals surface area contributed by atoms with Crippen LogP contribution in [-0.2, 0) is 4.79 Å². The number of anilines is 1. The largest absolute Gasteiger partial charge is 0.397 e. The number of rotatable bonds is 5. The van der Waals surface area contributed by atoms with Crippen molar-refractivity contribution in [1.29, 1.82) is 0 Å². The summed E-state index contributed by atoms with van der Waals surface area (Å²) >= 11 is 0. The van der Waals surface area contributed by atoms with E-state index in [2.05, 4.69) is 10.3 Å². The zero-order valence-corrected chi connectivity index (χ0v) is 12.4. The Bertz CT molecular complexity index is 498. The number of nitrogens with two attached hydrogens (primary N) is 1. The van der Waals surface area contributed by atoms with E-state index in [1.165, 1.54) is 6.20 Å². The summed E-state index contributed by atoms with van der Waals surface area (Å²) in [4.78, 5) is 30.0. The minimum atomic E-state index is -0.580. The summed E-state index contributed by atoms with van der Waals surface area (Å²) < 4.78 is 0. The molecule has 0 spiro atoms. The van der Waals surface area contributed by atoms with Crippen molar-refractivity contribution in [2.24, 2.45) is 0 Å². The first-order valence-corrected chi connectivity index (χ1v) is 6.72. The molecule has 1 heterocycles. The Morgan fingerprint density at radius 2 is 2.00 bits per heavy atom. The summed E-state index contributed by atoms with van der Waals surface area (Å²) in [6.45, 7) is 8.45. The smallest absolute Gasteiger partial charge is 0.253 e. The molecule has 0 aliphatic carbocycles. The van der Waals surface area contributed by atoms with Crippen molar-refractivity contribution >= 4 is 17.5 Å². The minimum absolute atomic E-state index is 0.0992. The van der Waals surface area contributed by atoms with Crippen molar-refractivity contribution < 1.29 is 9.59 Å². The van der Waals surface area contributed by atoms with E-state index >= 15 is 0 Å². The van der Waals surface area contributed by atoms with E-state index in [1.807, 2.05) is 13.8 Å². The van der Waals surface area contributed by atoms with Crippen LogP contribution >= 0.6 is 0 Å². The number of aryl methyl sites for hydroxylation is 1. The average molecular weight is 278 g/mol. The van der Waals surface area contributed by atoms with Gasteiger partial charge in [0.25, 0.3) is 5.91 Å². The van der Waals surface area contributed by atoms with Crippen molar-refractivity contribution in [3.8, 4) is 0 Å². The second kappa shape index (κ2) is 6.88. The molecular weight excluding hydrogens is 256 g/mol. The zero-order chi connectivity index (χ0) is 15.3. The molecule has 3 N–H and O–H groups in total. The van der Waals surface area contributed by atoms with Gasteiger partial charge in [0.15, 0.2) is 0 Å². The highest BCUT2D eigenvalue weighted by Gasteiger charge is 2.21. The van der Waals surface area contributed by atoms with Gasteiger partial charge in [0.1, 0.15) is 6.04 Å². The van der Waals surface area contributed by atoms with E-state index in [4.69, 9.17) is 5.73 Å². The lowest BCUT2D eigenvalue weighted by Gasteiger charge is -2.23. The number of carbonyl (C=O) groups excluding carboxylic acids is 2. The number of pyridine rings is 1. The van der Waals surface area contributed by atoms with E-state index in [1.54, 1.807) is 24.8 Å². The highest BCUT2D eigenvalue weighted by Crippen LogP contribution is 2.09. The molecule has 0 saturated carbocycles. The minimum Gasteiger partial charge on any atom is -0.397 e. The Morgan fingerprint density at radius 1 is 1.40 bits per heavy atom. The second-order valence-corrected chi connectivity index (χ2v) is 4.61. The standard InChI is InChI=1S/C14H22N4O2/c1-5-18(6-2)14(20)10(4)17-13(19)12-7-11(15)8-16-9(12)3/h7-8,10H,5-6,15H2,1-4H3,(H,17,19). The van der Waals surface area contributed by atoms with Crippen LogP contribution in [0.4, 0.5) is 5.69 Å². The molecule has 0 bridgehead atoms. The first-order chi connectivity index (χ1) is 9.40. The van der Waals surface area contributed by atoms with Gasteiger partial charge in [-0.3, -0.25) is 14.6 Å². The second-order valence-electron chi connectivity index (χ2n) is 4.61. The predicted octanol–water partition coefficient (Wildman–Crippen LogP) is 0.959. The van der Waals surface area contributed by atoms with Gasteiger partial charge >= 0.3 is 0 Å². The van der Waals surface area contributed by atoms with E-state index in [9.17, 15) is 9.59 Å². The molecule has 1 aromatic heterocycles. The van der Waals surface area contributed by atoms with E-state index in [0.717, 1.165) is 0 Å². The van der Waals surface area contributed by atoms with Crippen LogP contribution in [0.15, 0.2) is 12.3 Å². The Kier molecular flexibility index (Phi) is 5.49. The number of hydrogen-bond acceptors (Lipinski definition) is 4. The molecule has 0 aromatic carbocycles. The summed E-state index contributed by atoms with van der Waals surface area (Å²) in [6.07, 6.45) is 1.50. The number of amides is 2. The maximum absolute atomic E-state index is 12.2. The quantitative estimate of drug-likeness (QED) is 0.839. The lowest BCUT2D eigenvalue weighted by atomic mass is 10.1. The van der Waals surface area contributed by atoms with Crippen molar-refractivity contribution in [3.63, 3.8) is 0 Å². The summed E-state index contributed by atoms with van der Waals surface area (Å²) in [5, 5.41) is 2.69. The van der Waals surface area contributed by atoms with Gasteiger partial charge in [-0.15, -0.1) is 0 Å². The molecule has 20 heavy (non-hydrogen) atoms. The van der Waals surface area contributed by atoms with Crippen LogP contribution in [-0.4, -0.2) is 40.8 Å². The van der Waals surface area contributed by atoms with Gasteiger partial charge in [-0.1, -0.05) is 0 Å². The fourth-order valence-corrected chi connectivity index (χ4v) is 1.92. The molecule has 0 fully saturated rings. The average Bonchev–Trinajstić information content (AvgIpc) is 2.42. The summed E-state index contributed by atoms with van der Waals surface area (Å²) in [6, 6.07) is 0.981. The number of nitrogen functional groups attached to an aromatic ring is 1. The maximum atomic E-state index is 12.2. The molecule has 6 nitrogen and oxygen atoms in total. The third kappa shape index (κ3) is 3.69. The molecule has 1 rings (SSSR count). The Balaban J connectivity index is 2.80. The van der Waals surface area contributed by atoms with Crippen LogP contribution in [0.2, 0.25) is 0 Å². The normalized spacial score (nSPS) is 11.8. The van der Waals surface area contributed by atoms with Gasteiger partial charge < -0.3 is 16.0 Å². The van der Waals surface area contributed by atoms with Crippen LogP contribution in [0.1, 0.15) is 36.8 Å². The zero-order valence-electron chi connectivity index (χ0n) is 12.4. The predicted molar refractivity (Wildman–Crippen MR) is 78.2 cm³/mol. The molecule has 1 aromatic rings. The fourth-order valence-electron chi connectivity index (χ4n) is 1.92. The van der Waals surface area contributed by atoms with Crippen LogP contribution < -0.4 is 11.1 Å². The summed E-state index contributed by atoms with van der Waals surface area (Å²) in [7, 11) is 0. The third-order valence-corrected chi connectivity index (χ3v) is 3.15. The maximum Gasteiger partial charge on any atom is 0.253 e. The molecule has 0 radical (unpaired) electrons. The van der Waals surface area contributed by atoms with E-state index in [0.29, 0.717) is 30.0 Å². The number of hydrogen-bond donors (Lipinski definition) is 2. The lowest BCUT2D eigenvalue weighted by Crippen LogP contribution is -2.47. The molecule has 6 heteroatoms. The van der Waals surface area contributed by atoms with Gasteiger partial charge in [-0.05, 0) is 33.8 Å². The monoisotopic (exact) mass is 278 g/mol.